The predicted molar refractivity (Wildman–Crippen MR) is 118 cm³/mol. The molecule has 30 heavy (non-hydrogen) atoms. The summed E-state index contributed by atoms with van der Waals surface area (Å²) in [6, 6.07) is 0.646. The topological polar surface area (TPSA) is 73.8 Å². The van der Waals surface area contributed by atoms with Crippen LogP contribution in [0.2, 0.25) is 0 Å². The molecule has 1 amide bonds. The van der Waals surface area contributed by atoms with Gasteiger partial charge in [0.05, 0.1) is 25.1 Å². The molecule has 0 aromatic carbocycles. The molecular weight excluding hydrogens is 380 g/mol. The van der Waals surface area contributed by atoms with E-state index in [0.717, 1.165) is 76.8 Å². The van der Waals surface area contributed by atoms with Crippen LogP contribution in [0.3, 0.4) is 0 Å². The molecule has 1 atom stereocenters. The van der Waals surface area contributed by atoms with Gasteiger partial charge < -0.3 is 19.9 Å². The van der Waals surface area contributed by atoms with Crippen molar-refractivity contribution in [3.8, 4) is 0 Å². The van der Waals surface area contributed by atoms with Crippen LogP contribution < -0.4 is 15.1 Å². The number of nitrogens with zero attached hydrogens (tertiary/aromatic N) is 5. The first-order valence-corrected chi connectivity index (χ1v) is 11.6. The van der Waals surface area contributed by atoms with Crippen molar-refractivity contribution in [1.82, 2.24) is 20.2 Å². The molecule has 1 N–H and O–H groups in total. The van der Waals surface area contributed by atoms with Gasteiger partial charge in [0.1, 0.15) is 6.33 Å². The molecule has 0 radical (unpaired) electrons. The number of hydrogen-bond donors (Lipinski definition) is 1. The van der Waals surface area contributed by atoms with Gasteiger partial charge in [0.2, 0.25) is 5.91 Å². The Hall–Kier alpha value is -1.93. The molecule has 8 heteroatoms. The number of likely N-dealkylation sites (tertiary alicyclic amines) is 1. The Labute approximate surface area is 180 Å². The Balaban J connectivity index is 1.25. The summed E-state index contributed by atoms with van der Waals surface area (Å²) < 4.78 is 5.48. The fourth-order valence-corrected chi connectivity index (χ4v) is 4.90. The van der Waals surface area contributed by atoms with Gasteiger partial charge in [0, 0.05) is 51.2 Å². The minimum Gasteiger partial charge on any atom is -0.378 e. The highest BCUT2D eigenvalue weighted by atomic mass is 16.5. The Bertz CT molecular complexity index is 688. The van der Waals surface area contributed by atoms with E-state index < -0.39 is 0 Å². The second-order valence-electron chi connectivity index (χ2n) is 8.76. The summed E-state index contributed by atoms with van der Waals surface area (Å²) >= 11 is 0. The lowest BCUT2D eigenvalue weighted by Gasteiger charge is -2.36. The normalized spacial score (nSPS) is 24.1. The maximum atomic E-state index is 12.7. The number of piperidine rings is 2. The van der Waals surface area contributed by atoms with Crippen molar-refractivity contribution in [1.29, 1.82) is 0 Å². The highest BCUT2D eigenvalue weighted by molar-refractivity contribution is 5.79. The molecule has 0 unspecified atom stereocenters. The number of amides is 1. The summed E-state index contributed by atoms with van der Waals surface area (Å²) in [5.41, 5.74) is 1.08. The van der Waals surface area contributed by atoms with Crippen LogP contribution in [-0.4, -0.2) is 85.8 Å². The number of hydrogen-bond acceptors (Lipinski definition) is 7. The van der Waals surface area contributed by atoms with Crippen molar-refractivity contribution in [3.05, 3.63) is 12.5 Å². The van der Waals surface area contributed by atoms with E-state index in [1.54, 1.807) is 6.33 Å². The average molecular weight is 417 g/mol. The van der Waals surface area contributed by atoms with Gasteiger partial charge in [-0.25, -0.2) is 9.97 Å². The van der Waals surface area contributed by atoms with Gasteiger partial charge in [-0.05, 0) is 39.2 Å². The number of aromatic nitrogens is 2. The molecular formula is C22H36N6O2. The number of morpholine rings is 1. The number of anilines is 2. The van der Waals surface area contributed by atoms with Gasteiger partial charge in [-0.1, -0.05) is 6.42 Å². The lowest BCUT2D eigenvalue weighted by Crippen LogP contribution is -2.45. The standard InChI is InChI=1S/C22H36N6O2/c1-18-4-2-3-8-26(18)11-7-24-22(29)19-5-9-27(10-6-19)20-16-23-17-25-21(20)28-12-14-30-15-13-28/h16-19H,2-15H2,1H3,(H,24,29)/t18-/m1/s1. The van der Waals surface area contributed by atoms with Crippen LogP contribution in [0.5, 0.6) is 0 Å². The fraction of sp³-hybridized carbons (Fsp3) is 0.773. The van der Waals surface area contributed by atoms with Gasteiger partial charge in [0.15, 0.2) is 5.82 Å². The third kappa shape index (κ3) is 5.21. The zero-order chi connectivity index (χ0) is 20.8. The van der Waals surface area contributed by atoms with Crippen LogP contribution in [0.25, 0.3) is 0 Å². The molecule has 4 rings (SSSR count). The SMILES string of the molecule is C[C@@H]1CCCCN1CCNC(=O)C1CCN(c2cncnc2N2CCOCC2)CC1. The molecule has 0 bridgehead atoms. The van der Waals surface area contributed by atoms with Gasteiger partial charge in [-0.15, -0.1) is 0 Å². The van der Waals surface area contributed by atoms with Gasteiger partial charge in [-0.3, -0.25) is 9.69 Å². The molecule has 8 nitrogen and oxygen atoms in total. The minimum atomic E-state index is 0.108. The van der Waals surface area contributed by atoms with E-state index in [9.17, 15) is 4.79 Å². The van der Waals surface area contributed by atoms with Crippen molar-refractivity contribution in [2.24, 2.45) is 5.92 Å². The van der Waals surface area contributed by atoms with Crippen molar-refractivity contribution < 1.29 is 9.53 Å². The van der Waals surface area contributed by atoms with E-state index in [1.165, 1.54) is 25.8 Å². The van der Waals surface area contributed by atoms with Crippen LogP contribution in [0, 0.1) is 5.92 Å². The van der Waals surface area contributed by atoms with Crippen LogP contribution in [0.4, 0.5) is 11.5 Å². The van der Waals surface area contributed by atoms with Gasteiger partial charge >= 0.3 is 0 Å². The Morgan fingerprint density at radius 1 is 1.10 bits per heavy atom. The molecule has 0 saturated carbocycles. The number of ether oxygens (including phenoxy) is 1. The third-order valence-electron chi connectivity index (χ3n) is 6.83. The Morgan fingerprint density at radius 3 is 2.67 bits per heavy atom. The van der Waals surface area contributed by atoms with Crippen molar-refractivity contribution >= 4 is 17.4 Å². The molecule has 166 valence electrons. The molecule has 3 aliphatic heterocycles. The zero-order valence-corrected chi connectivity index (χ0v) is 18.3. The second-order valence-corrected chi connectivity index (χ2v) is 8.76. The first-order valence-electron chi connectivity index (χ1n) is 11.6. The summed E-state index contributed by atoms with van der Waals surface area (Å²) in [6.07, 6.45) is 9.19. The van der Waals surface area contributed by atoms with Crippen molar-refractivity contribution in [3.63, 3.8) is 0 Å². The van der Waals surface area contributed by atoms with Gasteiger partial charge in [0.25, 0.3) is 0 Å². The zero-order valence-electron chi connectivity index (χ0n) is 18.3. The van der Waals surface area contributed by atoms with Crippen LogP contribution in [0.15, 0.2) is 12.5 Å². The molecule has 0 spiro atoms. The molecule has 1 aromatic rings. The summed E-state index contributed by atoms with van der Waals surface area (Å²) in [7, 11) is 0. The summed E-state index contributed by atoms with van der Waals surface area (Å²) in [6.45, 7) is 10.1. The van der Waals surface area contributed by atoms with E-state index >= 15 is 0 Å². The maximum absolute atomic E-state index is 12.7. The lowest BCUT2D eigenvalue weighted by molar-refractivity contribution is -0.125. The summed E-state index contributed by atoms with van der Waals surface area (Å²) in [5.74, 6) is 1.32. The monoisotopic (exact) mass is 416 g/mol. The quantitative estimate of drug-likeness (QED) is 0.754. The molecule has 3 fully saturated rings. The van der Waals surface area contributed by atoms with E-state index in [2.05, 4.69) is 36.9 Å². The highest BCUT2D eigenvalue weighted by Crippen LogP contribution is 2.30. The highest BCUT2D eigenvalue weighted by Gasteiger charge is 2.28. The number of nitrogens with one attached hydrogen (secondary N) is 1. The fourth-order valence-electron chi connectivity index (χ4n) is 4.90. The van der Waals surface area contributed by atoms with Crippen molar-refractivity contribution in [2.75, 3.05) is 68.8 Å². The van der Waals surface area contributed by atoms with E-state index in [0.29, 0.717) is 6.04 Å². The van der Waals surface area contributed by atoms with E-state index in [1.807, 2.05) is 6.20 Å². The molecule has 1 aromatic heterocycles. The van der Waals surface area contributed by atoms with Crippen LogP contribution >= 0.6 is 0 Å². The minimum absolute atomic E-state index is 0.108. The first-order chi connectivity index (χ1) is 14.7. The largest absolute Gasteiger partial charge is 0.378 e. The first kappa shape index (κ1) is 21.3. The number of carbonyl (C=O) groups excluding carboxylic acids is 1. The molecule has 3 saturated heterocycles. The second kappa shape index (κ2) is 10.4. The molecule has 4 heterocycles. The Morgan fingerprint density at radius 2 is 1.90 bits per heavy atom. The van der Waals surface area contributed by atoms with Crippen LogP contribution in [0.1, 0.15) is 39.0 Å². The van der Waals surface area contributed by atoms with E-state index in [4.69, 9.17) is 4.74 Å². The molecule has 0 aliphatic carbocycles. The van der Waals surface area contributed by atoms with Crippen molar-refractivity contribution in [2.45, 2.75) is 45.1 Å². The molecule has 3 aliphatic rings. The van der Waals surface area contributed by atoms with E-state index in [-0.39, 0.29) is 11.8 Å². The summed E-state index contributed by atoms with van der Waals surface area (Å²) in [5, 5.41) is 3.19. The third-order valence-corrected chi connectivity index (χ3v) is 6.83. The summed E-state index contributed by atoms with van der Waals surface area (Å²) in [4.78, 5) is 28.6. The smallest absolute Gasteiger partial charge is 0.223 e. The lowest BCUT2D eigenvalue weighted by atomic mass is 9.95. The van der Waals surface area contributed by atoms with Gasteiger partial charge in [-0.2, -0.15) is 0 Å². The number of rotatable bonds is 6. The maximum Gasteiger partial charge on any atom is 0.223 e. The Kier molecular flexibility index (Phi) is 7.38. The average Bonchev–Trinajstić information content (AvgIpc) is 2.81. The predicted octanol–water partition coefficient (Wildman–Crippen LogP) is 1.52. The van der Waals surface area contributed by atoms with Crippen LogP contribution in [-0.2, 0) is 9.53 Å². The number of carbonyl (C=O) groups is 1.